The molecule has 0 aliphatic rings. The van der Waals surface area contributed by atoms with Gasteiger partial charge in [-0.3, -0.25) is 0 Å². The van der Waals surface area contributed by atoms with Gasteiger partial charge in [0.1, 0.15) is 5.82 Å². The number of hydrogen-bond donors (Lipinski definition) is 0. The highest BCUT2D eigenvalue weighted by molar-refractivity contribution is 5.94. The van der Waals surface area contributed by atoms with Crippen LogP contribution in [0.2, 0.25) is 0 Å². The second-order valence-electron chi connectivity index (χ2n) is 8.87. The minimum Gasteiger partial charge on any atom is -0.465 e. The molecule has 0 radical (unpaired) electrons. The third-order valence-electron chi connectivity index (χ3n) is 6.49. The number of imidazole rings is 2. The Morgan fingerprint density at radius 2 is 1.74 bits per heavy atom. The summed E-state index contributed by atoms with van der Waals surface area (Å²) in [5.74, 6) is 0.548. The molecule has 2 aromatic heterocycles. The van der Waals surface area contributed by atoms with Crippen LogP contribution in [-0.2, 0) is 24.2 Å². The summed E-state index contributed by atoms with van der Waals surface area (Å²) in [4.78, 5) is 21.6. The summed E-state index contributed by atoms with van der Waals surface area (Å²) in [6, 6.07) is 22.6. The molecule has 5 aromatic rings. The summed E-state index contributed by atoms with van der Waals surface area (Å²) in [5, 5.41) is 0. The van der Waals surface area contributed by atoms with Crippen molar-refractivity contribution in [2.24, 2.45) is 0 Å². The van der Waals surface area contributed by atoms with Crippen molar-refractivity contribution < 1.29 is 9.53 Å². The van der Waals surface area contributed by atoms with E-state index < -0.39 is 0 Å². The monoisotopic (exact) mass is 466 g/mol. The average Bonchev–Trinajstić information content (AvgIpc) is 3.47. The van der Waals surface area contributed by atoms with Crippen molar-refractivity contribution in [3.8, 4) is 11.4 Å². The van der Waals surface area contributed by atoms with Crippen LogP contribution in [0.15, 0.2) is 73.1 Å². The maximum atomic E-state index is 12.0. The first kappa shape index (κ1) is 22.8. The molecule has 3 aromatic carbocycles. The number of aromatic nitrogens is 4. The number of nitrogens with zero attached hydrogens (tertiary/aromatic N) is 4. The number of hydrogen-bond acceptors (Lipinski definition) is 4. The van der Waals surface area contributed by atoms with Gasteiger partial charge in [0.25, 0.3) is 0 Å². The van der Waals surface area contributed by atoms with Crippen molar-refractivity contribution in [3.05, 3.63) is 84.2 Å². The smallest absolute Gasteiger partial charge is 0.337 e. The molecule has 0 atom stereocenters. The van der Waals surface area contributed by atoms with Crippen molar-refractivity contribution >= 4 is 28.0 Å². The molecule has 0 saturated heterocycles. The first-order valence-corrected chi connectivity index (χ1v) is 12.3. The molecule has 0 spiro atoms. The molecule has 5 rings (SSSR count). The van der Waals surface area contributed by atoms with E-state index in [-0.39, 0.29) is 5.97 Å². The predicted octanol–water partition coefficient (Wildman–Crippen LogP) is 6.27. The van der Waals surface area contributed by atoms with Crippen molar-refractivity contribution in [3.63, 3.8) is 0 Å². The minimum absolute atomic E-state index is 0.351. The Morgan fingerprint density at radius 1 is 0.914 bits per heavy atom. The Balaban J connectivity index is 1.45. The Morgan fingerprint density at radius 3 is 2.54 bits per heavy atom. The highest BCUT2D eigenvalue weighted by Crippen LogP contribution is 2.29. The van der Waals surface area contributed by atoms with Gasteiger partial charge in [0.05, 0.1) is 41.1 Å². The van der Waals surface area contributed by atoms with Crippen LogP contribution in [0.5, 0.6) is 0 Å². The minimum atomic E-state index is -0.351. The highest BCUT2D eigenvalue weighted by Gasteiger charge is 2.16. The number of esters is 1. The summed E-state index contributed by atoms with van der Waals surface area (Å²) >= 11 is 0. The Kier molecular flexibility index (Phi) is 6.62. The van der Waals surface area contributed by atoms with E-state index >= 15 is 0 Å². The second kappa shape index (κ2) is 10.1. The van der Waals surface area contributed by atoms with Crippen LogP contribution in [0.3, 0.4) is 0 Å². The Bertz CT molecular complexity index is 1470. The molecule has 0 amide bonds. The maximum Gasteiger partial charge on any atom is 0.337 e. The van der Waals surface area contributed by atoms with Gasteiger partial charge in [-0.05, 0) is 61.2 Å². The number of rotatable bonds is 9. The molecule has 2 heterocycles. The van der Waals surface area contributed by atoms with E-state index in [1.807, 2.05) is 24.5 Å². The topological polar surface area (TPSA) is 61.9 Å². The number of aryl methyl sites for hydroxylation is 3. The van der Waals surface area contributed by atoms with Crippen LogP contribution in [0.1, 0.15) is 42.1 Å². The molecule has 0 bridgehead atoms. The maximum absolute atomic E-state index is 12.0. The lowest BCUT2D eigenvalue weighted by Crippen LogP contribution is -2.02. The van der Waals surface area contributed by atoms with E-state index in [9.17, 15) is 4.79 Å². The third kappa shape index (κ3) is 4.69. The summed E-state index contributed by atoms with van der Waals surface area (Å²) in [6.07, 6.45) is 6.18. The SMILES string of the molecule is CCCCn1c(-c2ccc3c(c2)ncn3CCCc2ccccc2)nc2cc(C(=O)OC)ccc21. The van der Waals surface area contributed by atoms with Gasteiger partial charge in [-0.25, -0.2) is 14.8 Å². The van der Waals surface area contributed by atoms with Crippen LogP contribution in [0.4, 0.5) is 0 Å². The number of methoxy groups -OCH3 is 1. The van der Waals surface area contributed by atoms with Crippen molar-refractivity contribution in [1.82, 2.24) is 19.1 Å². The van der Waals surface area contributed by atoms with Gasteiger partial charge in [0, 0.05) is 18.7 Å². The lowest BCUT2D eigenvalue weighted by atomic mass is 10.1. The third-order valence-corrected chi connectivity index (χ3v) is 6.49. The number of carbonyl (C=O) groups is 1. The molecule has 0 aliphatic carbocycles. The number of ether oxygens (including phenoxy) is 1. The van der Waals surface area contributed by atoms with Crippen LogP contribution in [-0.4, -0.2) is 32.2 Å². The molecule has 6 nitrogen and oxygen atoms in total. The molecular formula is C29H30N4O2. The molecule has 6 heteroatoms. The van der Waals surface area contributed by atoms with Gasteiger partial charge in [-0.1, -0.05) is 43.7 Å². The molecule has 0 unspecified atom stereocenters. The van der Waals surface area contributed by atoms with Crippen molar-refractivity contribution in [2.75, 3.05) is 7.11 Å². The number of benzene rings is 3. The molecule has 0 saturated carbocycles. The Labute approximate surface area is 205 Å². The summed E-state index contributed by atoms with van der Waals surface area (Å²) in [7, 11) is 1.40. The lowest BCUT2D eigenvalue weighted by Gasteiger charge is -2.09. The van der Waals surface area contributed by atoms with Gasteiger partial charge >= 0.3 is 5.97 Å². The van der Waals surface area contributed by atoms with Crippen molar-refractivity contribution in [1.29, 1.82) is 0 Å². The fraction of sp³-hybridized carbons (Fsp3) is 0.276. The van der Waals surface area contributed by atoms with E-state index in [0.717, 1.165) is 72.2 Å². The summed E-state index contributed by atoms with van der Waals surface area (Å²) in [5.41, 5.74) is 6.81. The van der Waals surface area contributed by atoms with Crippen LogP contribution >= 0.6 is 0 Å². The fourth-order valence-electron chi connectivity index (χ4n) is 4.62. The molecular weight excluding hydrogens is 436 g/mol. The summed E-state index contributed by atoms with van der Waals surface area (Å²) < 4.78 is 9.37. The zero-order valence-corrected chi connectivity index (χ0v) is 20.3. The van der Waals surface area contributed by atoms with Crippen molar-refractivity contribution in [2.45, 2.75) is 45.7 Å². The predicted molar refractivity (Wildman–Crippen MR) is 139 cm³/mol. The largest absolute Gasteiger partial charge is 0.465 e. The standard InChI is InChI=1S/C29H30N4O2/c1-3-4-17-33-27-15-13-23(29(34)35-2)19-25(27)31-28(33)22-12-14-26-24(18-22)30-20-32(26)16-8-11-21-9-6-5-7-10-21/h5-7,9-10,12-15,18-20H,3-4,8,11,16-17H2,1-2H3. The van der Waals surface area contributed by atoms with E-state index in [2.05, 4.69) is 69.6 Å². The average molecular weight is 467 g/mol. The van der Waals surface area contributed by atoms with Crippen LogP contribution in [0, 0.1) is 0 Å². The highest BCUT2D eigenvalue weighted by atomic mass is 16.5. The van der Waals surface area contributed by atoms with E-state index in [4.69, 9.17) is 9.72 Å². The van der Waals surface area contributed by atoms with E-state index in [0.29, 0.717) is 5.56 Å². The number of fused-ring (bicyclic) bond motifs is 2. The molecule has 0 fully saturated rings. The van der Waals surface area contributed by atoms with Crippen LogP contribution in [0.25, 0.3) is 33.5 Å². The molecule has 35 heavy (non-hydrogen) atoms. The second-order valence-corrected chi connectivity index (χ2v) is 8.87. The molecule has 0 aliphatic heterocycles. The first-order valence-electron chi connectivity index (χ1n) is 12.3. The summed E-state index contributed by atoms with van der Waals surface area (Å²) in [6.45, 7) is 3.98. The molecule has 0 N–H and O–H groups in total. The van der Waals surface area contributed by atoms with Gasteiger partial charge in [-0.2, -0.15) is 0 Å². The van der Waals surface area contributed by atoms with E-state index in [1.165, 1.54) is 12.7 Å². The number of carbonyl (C=O) groups excluding carboxylic acids is 1. The zero-order chi connectivity index (χ0) is 24.2. The zero-order valence-electron chi connectivity index (χ0n) is 20.3. The quantitative estimate of drug-likeness (QED) is 0.240. The lowest BCUT2D eigenvalue weighted by molar-refractivity contribution is 0.0601. The normalized spacial score (nSPS) is 11.4. The Hall–Kier alpha value is -3.93. The van der Waals surface area contributed by atoms with Crippen LogP contribution < -0.4 is 0 Å². The van der Waals surface area contributed by atoms with Gasteiger partial charge < -0.3 is 13.9 Å². The molecule has 178 valence electrons. The fourth-order valence-corrected chi connectivity index (χ4v) is 4.62. The first-order chi connectivity index (χ1) is 17.2. The van der Waals surface area contributed by atoms with E-state index in [1.54, 1.807) is 0 Å². The van der Waals surface area contributed by atoms with Gasteiger partial charge in [0.2, 0.25) is 0 Å². The van der Waals surface area contributed by atoms with Gasteiger partial charge in [0.15, 0.2) is 0 Å². The number of unbranched alkanes of at least 4 members (excludes halogenated alkanes) is 1. The van der Waals surface area contributed by atoms with Gasteiger partial charge in [-0.15, -0.1) is 0 Å².